The van der Waals surface area contributed by atoms with E-state index in [-0.39, 0.29) is 18.0 Å². The molecule has 1 aliphatic heterocycles. The molecule has 0 saturated carbocycles. The van der Waals surface area contributed by atoms with Crippen molar-refractivity contribution in [1.82, 2.24) is 14.5 Å². The lowest BCUT2D eigenvalue weighted by Gasteiger charge is -2.21. The number of hydrogen-bond acceptors (Lipinski definition) is 3. The molecule has 1 unspecified atom stereocenters. The molecule has 2 aromatic rings. The van der Waals surface area contributed by atoms with E-state index in [4.69, 9.17) is 0 Å². The summed E-state index contributed by atoms with van der Waals surface area (Å²) in [5.74, 6) is -0.707. The number of piperidine rings is 1. The molecule has 2 amide bonds. The van der Waals surface area contributed by atoms with Crippen LogP contribution in [0.2, 0.25) is 0 Å². The van der Waals surface area contributed by atoms with Gasteiger partial charge in [-0.05, 0) is 24.6 Å². The van der Waals surface area contributed by atoms with E-state index in [0.717, 1.165) is 9.99 Å². The van der Waals surface area contributed by atoms with Crippen LogP contribution >= 0.6 is 15.9 Å². The van der Waals surface area contributed by atoms with Crippen molar-refractivity contribution in [3.63, 3.8) is 0 Å². The number of nitrogens with one attached hydrogen (secondary N) is 1. The van der Waals surface area contributed by atoms with Crippen LogP contribution in [0.4, 0.5) is 0 Å². The number of amides is 2. The third kappa shape index (κ3) is 2.72. The molecule has 0 spiro atoms. The SMILES string of the molecule is CC.Cn1c(=O)n(C2CCC(=O)NC2=O)c2ccc(Br)cc21. The van der Waals surface area contributed by atoms with Crippen molar-refractivity contribution in [3.05, 3.63) is 33.2 Å². The van der Waals surface area contributed by atoms with Gasteiger partial charge in [0.25, 0.3) is 0 Å². The van der Waals surface area contributed by atoms with Gasteiger partial charge in [-0.3, -0.25) is 24.0 Å². The summed E-state index contributed by atoms with van der Waals surface area (Å²) in [5.41, 5.74) is 1.18. The van der Waals surface area contributed by atoms with Gasteiger partial charge < -0.3 is 0 Å². The Labute approximate surface area is 136 Å². The zero-order valence-corrected chi connectivity index (χ0v) is 14.3. The van der Waals surface area contributed by atoms with Gasteiger partial charge in [0.15, 0.2) is 0 Å². The van der Waals surface area contributed by atoms with Crippen LogP contribution in [0.15, 0.2) is 27.5 Å². The lowest BCUT2D eigenvalue weighted by molar-refractivity contribution is -0.135. The van der Waals surface area contributed by atoms with Crippen molar-refractivity contribution in [2.75, 3.05) is 0 Å². The monoisotopic (exact) mass is 367 g/mol. The highest BCUT2D eigenvalue weighted by Gasteiger charge is 2.31. The van der Waals surface area contributed by atoms with E-state index in [0.29, 0.717) is 11.9 Å². The number of carbonyl (C=O) groups is 2. The van der Waals surface area contributed by atoms with Crippen molar-refractivity contribution in [2.24, 2.45) is 7.05 Å². The van der Waals surface area contributed by atoms with Crippen LogP contribution in [0.5, 0.6) is 0 Å². The fraction of sp³-hybridized carbons (Fsp3) is 0.400. The van der Waals surface area contributed by atoms with Crippen LogP contribution in [-0.4, -0.2) is 20.9 Å². The summed E-state index contributed by atoms with van der Waals surface area (Å²) >= 11 is 3.37. The number of aromatic nitrogens is 2. The third-order valence-corrected chi connectivity index (χ3v) is 4.07. The first-order chi connectivity index (χ1) is 10.5. The lowest BCUT2D eigenvalue weighted by Crippen LogP contribution is -2.44. The molecule has 118 valence electrons. The highest BCUT2D eigenvalue weighted by Crippen LogP contribution is 2.24. The Morgan fingerprint density at radius 2 is 1.86 bits per heavy atom. The number of aryl methyl sites for hydroxylation is 1. The molecule has 1 aromatic carbocycles. The van der Waals surface area contributed by atoms with Crippen LogP contribution in [0.3, 0.4) is 0 Å². The average molecular weight is 368 g/mol. The molecule has 0 radical (unpaired) electrons. The number of imide groups is 1. The van der Waals surface area contributed by atoms with Crippen molar-refractivity contribution >= 4 is 38.8 Å². The Morgan fingerprint density at radius 1 is 1.18 bits per heavy atom. The van der Waals surface area contributed by atoms with Gasteiger partial charge in [-0.15, -0.1) is 0 Å². The van der Waals surface area contributed by atoms with Crippen LogP contribution in [0.25, 0.3) is 11.0 Å². The summed E-state index contributed by atoms with van der Waals surface area (Å²) in [6.45, 7) is 4.00. The quantitative estimate of drug-likeness (QED) is 0.784. The van der Waals surface area contributed by atoms with Crippen molar-refractivity contribution in [1.29, 1.82) is 0 Å². The van der Waals surface area contributed by atoms with Crippen LogP contribution in [0.1, 0.15) is 32.7 Å². The minimum absolute atomic E-state index is 0.246. The predicted molar refractivity (Wildman–Crippen MR) is 87.6 cm³/mol. The molecule has 0 aliphatic carbocycles. The number of halogens is 1. The van der Waals surface area contributed by atoms with Crippen molar-refractivity contribution < 1.29 is 9.59 Å². The van der Waals surface area contributed by atoms with Gasteiger partial charge in [-0.25, -0.2) is 4.79 Å². The first kappa shape index (κ1) is 16.5. The summed E-state index contributed by atoms with van der Waals surface area (Å²) in [6, 6.07) is 4.82. The van der Waals surface area contributed by atoms with E-state index in [9.17, 15) is 14.4 Å². The molecule has 6 nitrogen and oxygen atoms in total. The van der Waals surface area contributed by atoms with Crippen molar-refractivity contribution in [3.8, 4) is 0 Å². The largest absolute Gasteiger partial charge is 0.329 e. The maximum atomic E-state index is 12.4. The maximum Gasteiger partial charge on any atom is 0.329 e. The number of fused-ring (bicyclic) bond motifs is 1. The minimum Gasteiger partial charge on any atom is -0.295 e. The van der Waals surface area contributed by atoms with E-state index in [1.165, 1.54) is 9.13 Å². The first-order valence-electron chi connectivity index (χ1n) is 7.19. The predicted octanol–water partition coefficient (Wildman–Crippen LogP) is 2.11. The minimum atomic E-state index is -0.634. The van der Waals surface area contributed by atoms with Crippen LogP contribution in [-0.2, 0) is 16.6 Å². The smallest absolute Gasteiger partial charge is 0.295 e. The fourth-order valence-corrected chi connectivity index (χ4v) is 2.92. The molecule has 7 heteroatoms. The van der Waals surface area contributed by atoms with Crippen molar-refractivity contribution in [2.45, 2.75) is 32.7 Å². The molecule has 1 saturated heterocycles. The number of benzene rings is 1. The number of rotatable bonds is 1. The molecule has 1 fully saturated rings. The lowest BCUT2D eigenvalue weighted by atomic mass is 10.1. The normalized spacial score (nSPS) is 17.9. The van der Waals surface area contributed by atoms with E-state index in [2.05, 4.69) is 21.2 Å². The molecule has 1 N–H and O–H groups in total. The summed E-state index contributed by atoms with van der Waals surface area (Å²) in [6.07, 6.45) is 0.593. The van der Waals surface area contributed by atoms with Crippen LogP contribution < -0.4 is 11.0 Å². The second kappa shape index (κ2) is 6.48. The second-order valence-corrected chi connectivity index (χ2v) is 5.73. The zero-order valence-electron chi connectivity index (χ0n) is 12.7. The van der Waals surface area contributed by atoms with Crippen LogP contribution in [0, 0.1) is 0 Å². The highest BCUT2D eigenvalue weighted by molar-refractivity contribution is 9.10. The number of imidazole rings is 1. The molecule has 3 rings (SSSR count). The van der Waals surface area contributed by atoms with E-state index < -0.39 is 11.9 Å². The number of hydrogen-bond donors (Lipinski definition) is 1. The topological polar surface area (TPSA) is 73.1 Å². The standard InChI is InChI=1S/C13H12BrN3O3.C2H6/c1-16-10-6-7(14)2-3-8(10)17(13(16)20)9-4-5-11(18)15-12(9)19;1-2/h2-3,6,9H,4-5H2,1H3,(H,15,18,19);1-2H3. The summed E-state index contributed by atoms with van der Waals surface area (Å²) in [5, 5.41) is 2.28. The Hall–Kier alpha value is -1.89. The maximum absolute atomic E-state index is 12.4. The van der Waals surface area contributed by atoms with Gasteiger partial charge in [0.2, 0.25) is 11.8 Å². The van der Waals surface area contributed by atoms with E-state index in [1.807, 2.05) is 26.0 Å². The average Bonchev–Trinajstić information content (AvgIpc) is 2.74. The second-order valence-electron chi connectivity index (χ2n) is 4.81. The van der Waals surface area contributed by atoms with Gasteiger partial charge >= 0.3 is 5.69 Å². The third-order valence-electron chi connectivity index (χ3n) is 3.57. The van der Waals surface area contributed by atoms with Gasteiger partial charge in [-0.1, -0.05) is 29.8 Å². The molecule has 1 atom stereocenters. The fourth-order valence-electron chi connectivity index (χ4n) is 2.57. The molecule has 0 bridgehead atoms. The number of nitrogens with zero attached hydrogens (tertiary/aromatic N) is 2. The Balaban J connectivity index is 0.000000847. The number of carbonyl (C=O) groups excluding carboxylic acids is 2. The van der Waals surface area contributed by atoms with Gasteiger partial charge in [0, 0.05) is 17.9 Å². The van der Waals surface area contributed by atoms with Gasteiger partial charge in [-0.2, -0.15) is 0 Å². The van der Waals surface area contributed by atoms with Gasteiger partial charge in [0.05, 0.1) is 11.0 Å². The van der Waals surface area contributed by atoms with E-state index >= 15 is 0 Å². The van der Waals surface area contributed by atoms with Gasteiger partial charge in [0.1, 0.15) is 6.04 Å². The molecular weight excluding hydrogens is 350 g/mol. The Kier molecular flexibility index (Phi) is 4.85. The highest BCUT2D eigenvalue weighted by atomic mass is 79.9. The first-order valence-corrected chi connectivity index (χ1v) is 7.98. The zero-order chi connectivity index (χ0) is 16.4. The molecule has 1 aliphatic rings. The molecular formula is C15H18BrN3O3. The summed E-state index contributed by atoms with van der Waals surface area (Å²) < 4.78 is 3.83. The summed E-state index contributed by atoms with van der Waals surface area (Å²) in [4.78, 5) is 35.6. The Bertz CT molecular complexity index is 791. The summed E-state index contributed by atoms with van der Waals surface area (Å²) in [7, 11) is 1.67. The molecule has 22 heavy (non-hydrogen) atoms. The van der Waals surface area contributed by atoms with E-state index in [1.54, 1.807) is 13.1 Å². The molecule has 1 aromatic heterocycles. The molecule has 2 heterocycles. The Morgan fingerprint density at radius 3 is 2.50 bits per heavy atom.